The van der Waals surface area contributed by atoms with Crippen LogP contribution < -0.4 is 0 Å². The number of halogens is 1. The number of carbonyl (C=O) groups is 2. The van der Waals surface area contributed by atoms with Crippen molar-refractivity contribution in [3.63, 3.8) is 0 Å². The standard InChI is InChI=1S/C24H15BrO5/c25-18-13-16(8-11-19(18)27)21-20(12-14-6-9-17(26)10-7-14)30-24(29)22(21)23(28)15-4-2-1-3-5-15/h1-13,26-27H/b20-12-. The van der Waals surface area contributed by atoms with E-state index in [0.29, 0.717) is 26.7 Å². The van der Waals surface area contributed by atoms with Gasteiger partial charge in [-0.3, -0.25) is 4.79 Å². The summed E-state index contributed by atoms with van der Waals surface area (Å²) in [6.45, 7) is 0. The third kappa shape index (κ3) is 3.77. The summed E-state index contributed by atoms with van der Waals surface area (Å²) in [6.07, 6.45) is 1.62. The molecule has 0 bridgehead atoms. The number of allylic oxidation sites excluding steroid dienone is 1. The number of rotatable bonds is 4. The van der Waals surface area contributed by atoms with Crippen LogP contribution in [0.3, 0.4) is 0 Å². The molecule has 6 heteroatoms. The fourth-order valence-electron chi connectivity index (χ4n) is 3.14. The maximum atomic E-state index is 13.2. The number of Topliss-reactive ketones (excluding diaryl/α,β-unsaturated/α-hetero) is 1. The highest BCUT2D eigenvalue weighted by atomic mass is 79.9. The molecule has 0 radical (unpaired) electrons. The van der Waals surface area contributed by atoms with Crippen LogP contribution in [0.2, 0.25) is 0 Å². The first-order chi connectivity index (χ1) is 14.4. The Morgan fingerprint density at radius 2 is 1.63 bits per heavy atom. The molecular weight excluding hydrogens is 448 g/mol. The quantitative estimate of drug-likeness (QED) is 0.320. The number of ketones is 1. The summed E-state index contributed by atoms with van der Waals surface area (Å²) >= 11 is 3.27. The van der Waals surface area contributed by atoms with Crippen LogP contribution >= 0.6 is 15.9 Å². The first kappa shape index (κ1) is 19.7. The number of benzene rings is 3. The van der Waals surface area contributed by atoms with Gasteiger partial charge in [0.1, 0.15) is 22.8 Å². The second-order valence-corrected chi connectivity index (χ2v) is 7.46. The Labute approximate surface area is 180 Å². The van der Waals surface area contributed by atoms with Gasteiger partial charge in [-0.1, -0.05) is 48.5 Å². The third-order valence-corrected chi connectivity index (χ3v) is 5.23. The maximum absolute atomic E-state index is 13.2. The Bertz CT molecular complexity index is 1210. The normalized spacial score (nSPS) is 14.8. The maximum Gasteiger partial charge on any atom is 0.348 e. The van der Waals surface area contributed by atoms with Crippen LogP contribution in [0.15, 0.2) is 88.6 Å². The molecule has 3 aromatic carbocycles. The average Bonchev–Trinajstić information content (AvgIpc) is 3.07. The first-order valence-corrected chi connectivity index (χ1v) is 9.79. The minimum absolute atomic E-state index is 0.0320. The molecule has 148 valence electrons. The van der Waals surface area contributed by atoms with Crippen molar-refractivity contribution in [1.82, 2.24) is 0 Å². The Morgan fingerprint density at radius 1 is 0.933 bits per heavy atom. The van der Waals surface area contributed by atoms with Crippen molar-refractivity contribution in [2.45, 2.75) is 0 Å². The molecule has 0 aromatic heterocycles. The average molecular weight is 463 g/mol. The van der Waals surface area contributed by atoms with Crippen molar-refractivity contribution < 1.29 is 24.5 Å². The van der Waals surface area contributed by atoms with Crippen molar-refractivity contribution in [1.29, 1.82) is 0 Å². The molecule has 0 amide bonds. The highest BCUT2D eigenvalue weighted by Crippen LogP contribution is 2.39. The highest BCUT2D eigenvalue weighted by molar-refractivity contribution is 9.10. The van der Waals surface area contributed by atoms with Crippen molar-refractivity contribution in [3.05, 3.63) is 105 Å². The van der Waals surface area contributed by atoms with Gasteiger partial charge < -0.3 is 14.9 Å². The van der Waals surface area contributed by atoms with Crippen molar-refractivity contribution in [3.8, 4) is 11.5 Å². The van der Waals surface area contributed by atoms with E-state index in [9.17, 15) is 19.8 Å². The zero-order valence-corrected chi connectivity index (χ0v) is 17.1. The minimum atomic E-state index is -0.743. The van der Waals surface area contributed by atoms with E-state index in [1.165, 1.54) is 18.2 Å². The van der Waals surface area contributed by atoms with Crippen LogP contribution in [0, 0.1) is 0 Å². The van der Waals surface area contributed by atoms with E-state index in [1.54, 1.807) is 60.7 Å². The summed E-state index contributed by atoms with van der Waals surface area (Å²) in [6, 6.07) is 19.5. The van der Waals surface area contributed by atoms with Crippen molar-refractivity contribution >= 4 is 39.3 Å². The molecule has 4 rings (SSSR count). The fraction of sp³-hybridized carbons (Fsp3) is 0. The summed E-state index contributed by atoms with van der Waals surface area (Å²) in [5, 5.41) is 19.4. The summed E-state index contributed by atoms with van der Waals surface area (Å²) in [4.78, 5) is 25.9. The first-order valence-electron chi connectivity index (χ1n) is 9.00. The Morgan fingerprint density at radius 3 is 2.30 bits per heavy atom. The van der Waals surface area contributed by atoms with Crippen LogP contribution in [-0.4, -0.2) is 22.0 Å². The summed E-state index contributed by atoms with van der Waals surface area (Å²) in [5.41, 5.74) is 1.84. The monoisotopic (exact) mass is 462 g/mol. The van der Waals surface area contributed by atoms with Crippen LogP contribution in [0.25, 0.3) is 11.6 Å². The van der Waals surface area contributed by atoms with Gasteiger partial charge in [0.15, 0.2) is 0 Å². The molecule has 1 heterocycles. The number of phenolic OH excluding ortho intramolecular Hbond substituents is 2. The van der Waals surface area contributed by atoms with E-state index in [2.05, 4.69) is 15.9 Å². The van der Waals surface area contributed by atoms with E-state index >= 15 is 0 Å². The smallest absolute Gasteiger partial charge is 0.348 e. The van der Waals surface area contributed by atoms with Crippen LogP contribution in [0.1, 0.15) is 21.5 Å². The van der Waals surface area contributed by atoms with Gasteiger partial charge in [0.2, 0.25) is 5.78 Å². The molecule has 3 aromatic rings. The van der Waals surface area contributed by atoms with E-state index in [1.807, 2.05) is 0 Å². The van der Waals surface area contributed by atoms with Gasteiger partial charge in [0.25, 0.3) is 0 Å². The lowest BCUT2D eigenvalue weighted by atomic mass is 9.93. The predicted molar refractivity (Wildman–Crippen MR) is 116 cm³/mol. The van der Waals surface area contributed by atoms with Gasteiger partial charge in [0.05, 0.1) is 4.47 Å². The Balaban J connectivity index is 1.92. The number of esters is 1. The number of aromatic hydroxyl groups is 2. The largest absolute Gasteiger partial charge is 0.508 e. The van der Waals surface area contributed by atoms with Gasteiger partial charge >= 0.3 is 5.97 Å². The zero-order valence-electron chi connectivity index (χ0n) is 15.5. The van der Waals surface area contributed by atoms with Crippen molar-refractivity contribution in [2.75, 3.05) is 0 Å². The van der Waals surface area contributed by atoms with Crippen molar-refractivity contribution in [2.24, 2.45) is 0 Å². The fourth-order valence-corrected chi connectivity index (χ4v) is 3.52. The molecule has 0 unspecified atom stereocenters. The topological polar surface area (TPSA) is 83.8 Å². The van der Waals surface area contributed by atoms with Gasteiger partial charge in [0, 0.05) is 11.1 Å². The van der Waals surface area contributed by atoms with E-state index in [-0.39, 0.29) is 22.8 Å². The molecule has 1 aliphatic heterocycles. The highest BCUT2D eigenvalue weighted by Gasteiger charge is 2.36. The molecule has 0 saturated heterocycles. The molecule has 0 aliphatic carbocycles. The lowest BCUT2D eigenvalue weighted by Gasteiger charge is -2.08. The van der Waals surface area contributed by atoms with Gasteiger partial charge in [-0.05, 0) is 57.4 Å². The Kier molecular flexibility index (Phi) is 5.25. The van der Waals surface area contributed by atoms with E-state index in [0.717, 1.165) is 0 Å². The van der Waals surface area contributed by atoms with Crippen LogP contribution in [-0.2, 0) is 9.53 Å². The molecule has 0 spiro atoms. The van der Waals surface area contributed by atoms with Gasteiger partial charge in [-0.2, -0.15) is 0 Å². The lowest BCUT2D eigenvalue weighted by Crippen LogP contribution is -2.11. The van der Waals surface area contributed by atoms with Gasteiger partial charge in [-0.15, -0.1) is 0 Å². The lowest BCUT2D eigenvalue weighted by molar-refractivity contribution is -0.132. The molecule has 1 aliphatic rings. The van der Waals surface area contributed by atoms with Crippen LogP contribution in [0.4, 0.5) is 0 Å². The number of phenols is 2. The number of carbonyl (C=O) groups excluding carboxylic acids is 2. The van der Waals surface area contributed by atoms with Crippen LogP contribution in [0.5, 0.6) is 11.5 Å². The van der Waals surface area contributed by atoms with E-state index in [4.69, 9.17) is 4.74 Å². The SMILES string of the molecule is O=C1O/C(=C\c2ccc(O)cc2)C(c2ccc(O)c(Br)c2)=C1C(=O)c1ccccc1. The number of hydrogen-bond acceptors (Lipinski definition) is 5. The van der Waals surface area contributed by atoms with E-state index < -0.39 is 11.8 Å². The number of hydrogen-bond donors (Lipinski definition) is 2. The molecule has 30 heavy (non-hydrogen) atoms. The summed E-state index contributed by atoms with van der Waals surface area (Å²) in [5.74, 6) is -0.840. The minimum Gasteiger partial charge on any atom is -0.508 e. The number of cyclic esters (lactones) is 1. The van der Waals surface area contributed by atoms with Gasteiger partial charge in [-0.25, -0.2) is 4.79 Å². The zero-order chi connectivity index (χ0) is 21.3. The molecule has 5 nitrogen and oxygen atoms in total. The Hall–Kier alpha value is -3.64. The molecular formula is C24H15BrO5. The molecule has 2 N–H and O–H groups in total. The summed E-state index contributed by atoms with van der Waals surface area (Å²) in [7, 11) is 0. The summed E-state index contributed by atoms with van der Waals surface area (Å²) < 4.78 is 5.89. The predicted octanol–water partition coefficient (Wildman–Crippen LogP) is 5.09. The molecule has 0 atom stereocenters. The molecule has 0 fully saturated rings. The third-order valence-electron chi connectivity index (χ3n) is 4.59. The molecule has 0 saturated carbocycles. The second-order valence-electron chi connectivity index (χ2n) is 6.60. The second kappa shape index (κ2) is 8.00. The number of ether oxygens (including phenoxy) is 1.